The fraction of sp³-hybridized carbons (Fsp3) is 0.250. The number of anilines is 6. The summed E-state index contributed by atoms with van der Waals surface area (Å²) >= 11 is 0. The van der Waals surface area contributed by atoms with Gasteiger partial charge in [-0.2, -0.15) is 0 Å². The Morgan fingerprint density at radius 1 is 0.469 bits per heavy atom. The van der Waals surface area contributed by atoms with Crippen molar-refractivity contribution in [2.75, 3.05) is 9.80 Å². The fourth-order valence-corrected chi connectivity index (χ4v) is 7.25. The van der Waals surface area contributed by atoms with E-state index in [2.05, 4.69) is 117 Å². The number of benzene rings is 6. The monoisotopic (exact) mass is 856 g/mol. The van der Waals surface area contributed by atoms with Crippen LogP contribution in [0.25, 0.3) is 0 Å². The number of carbonyl (C=O) groups excluding carboxylic acids is 2. The molecule has 0 unspecified atom stereocenters. The number of rotatable bonds is 24. The van der Waals surface area contributed by atoms with Gasteiger partial charge in [0.25, 0.3) is 0 Å². The molecule has 6 aromatic rings. The number of unbranched alkanes of at least 4 members (excludes halogenated alkanes) is 6. The Kier molecular flexibility index (Phi) is 17.4. The Morgan fingerprint density at radius 3 is 1.12 bits per heavy atom. The molecule has 0 heterocycles. The minimum Gasteiger partial charge on any atom is -0.458 e. The molecule has 0 spiro atoms. The Hall–Kier alpha value is -7.06. The first-order valence-electron chi connectivity index (χ1n) is 22.3. The zero-order valence-electron chi connectivity index (χ0n) is 37.4. The Labute approximate surface area is 379 Å². The molecule has 0 radical (unpaired) electrons. The van der Waals surface area contributed by atoms with Gasteiger partial charge in [-0.15, -0.1) is 0 Å². The average Bonchev–Trinajstić information content (AvgIpc) is 3.32. The summed E-state index contributed by atoms with van der Waals surface area (Å²) in [6, 6.07) is 49.1. The van der Waals surface area contributed by atoms with Crippen molar-refractivity contribution in [2.24, 2.45) is 0 Å². The van der Waals surface area contributed by atoms with Crippen molar-refractivity contribution in [3.8, 4) is 11.5 Å². The predicted octanol–water partition coefficient (Wildman–Crippen LogP) is 14.6. The first-order chi connectivity index (χ1) is 31.2. The molecule has 0 fully saturated rings. The summed E-state index contributed by atoms with van der Waals surface area (Å²) in [5, 5.41) is 0. The molecule has 0 aromatic heterocycles. The lowest BCUT2D eigenvalue weighted by Gasteiger charge is -2.27. The normalized spacial score (nSPS) is 10.8. The van der Waals surface area contributed by atoms with Crippen molar-refractivity contribution < 1.29 is 28.5 Å². The van der Waals surface area contributed by atoms with Crippen molar-refractivity contribution >= 4 is 46.1 Å². The molecule has 8 nitrogen and oxygen atoms in total. The first-order valence-corrected chi connectivity index (χ1v) is 22.3. The minimum absolute atomic E-state index is 0.174. The molecular formula is C56H60N2O6. The van der Waals surface area contributed by atoms with Crippen LogP contribution < -0.4 is 19.3 Å². The number of hydrogen-bond acceptors (Lipinski definition) is 8. The summed E-state index contributed by atoms with van der Waals surface area (Å²) < 4.78 is 23.8. The zero-order chi connectivity index (χ0) is 45.1. The van der Waals surface area contributed by atoms with Gasteiger partial charge in [0.05, 0.1) is 0 Å². The van der Waals surface area contributed by atoms with Gasteiger partial charge in [-0.05, 0) is 128 Å². The molecule has 0 amide bonds. The van der Waals surface area contributed by atoms with Crippen LogP contribution in [0.5, 0.6) is 11.5 Å². The maximum atomic E-state index is 11.6. The van der Waals surface area contributed by atoms with Gasteiger partial charge in [0.15, 0.2) is 0 Å². The van der Waals surface area contributed by atoms with Gasteiger partial charge in [-0.25, -0.2) is 9.59 Å². The molecule has 0 atom stereocenters. The van der Waals surface area contributed by atoms with E-state index in [4.69, 9.17) is 18.9 Å². The maximum Gasteiger partial charge on any atom is 0.330 e. The number of esters is 2. The van der Waals surface area contributed by atoms with Crippen LogP contribution in [-0.2, 0) is 32.3 Å². The van der Waals surface area contributed by atoms with Crippen molar-refractivity contribution in [3.63, 3.8) is 0 Å². The van der Waals surface area contributed by atoms with E-state index >= 15 is 0 Å². The lowest BCUT2D eigenvalue weighted by atomic mass is 10.1. The second kappa shape index (κ2) is 24.0. The first kappa shape index (κ1) is 46.4. The van der Waals surface area contributed by atoms with Crippen LogP contribution in [0.1, 0.15) is 80.5 Å². The quantitative estimate of drug-likeness (QED) is 0.0258. The lowest BCUT2D eigenvalue weighted by molar-refractivity contribution is -0.139. The van der Waals surface area contributed by atoms with Crippen LogP contribution in [0.3, 0.4) is 0 Å². The Balaban J connectivity index is 1.21. The van der Waals surface area contributed by atoms with E-state index in [1.54, 1.807) is 0 Å². The van der Waals surface area contributed by atoms with E-state index < -0.39 is 18.2 Å². The zero-order valence-corrected chi connectivity index (χ0v) is 37.4. The summed E-state index contributed by atoms with van der Waals surface area (Å²) in [6.45, 7) is 13.7. The van der Waals surface area contributed by atoms with Crippen LogP contribution in [0.2, 0.25) is 0 Å². The van der Waals surface area contributed by atoms with Crippen LogP contribution in [0, 0.1) is 13.8 Å². The number of hydrogen-bond donors (Lipinski definition) is 0. The van der Waals surface area contributed by atoms with Gasteiger partial charge >= 0.3 is 11.9 Å². The van der Waals surface area contributed by atoms with Crippen molar-refractivity contribution in [3.05, 3.63) is 193 Å². The summed E-state index contributed by atoms with van der Waals surface area (Å²) in [5.41, 5.74) is 9.99. The molecule has 330 valence electrons. The van der Waals surface area contributed by atoms with E-state index in [1.807, 2.05) is 72.8 Å². The largest absolute Gasteiger partial charge is 0.458 e. The third-order valence-electron chi connectivity index (χ3n) is 10.8. The molecular weight excluding hydrogens is 797 g/mol. The molecule has 6 rings (SSSR count). The standard InChI is InChI=1S/C56H60N2O6/c1-6-9-10-11-12-13-14-15-56(63-52-36-32-50(33-37-52)57(46-24-16-42(4)17-25-46)48-28-20-44(21-29-48)40-61-54(59)7-2)64-53-38-34-51(35-39-53)58(47-26-18-43(5)19-27-47)49-30-22-45(23-31-49)41-62-55(60)8-3/h7-8,16-39,56H,2-3,6,9-15,40-41H2,1,4-5H3. The smallest absolute Gasteiger partial charge is 0.330 e. The van der Waals surface area contributed by atoms with Crippen LogP contribution >= 0.6 is 0 Å². The van der Waals surface area contributed by atoms with Crippen molar-refractivity contribution in [1.82, 2.24) is 0 Å². The maximum absolute atomic E-state index is 11.6. The van der Waals surface area contributed by atoms with Crippen LogP contribution in [0.15, 0.2) is 171 Å². The van der Waals surface area contributed by atoms with Crippen LogP contribution in [-0.4, -0.2) is 18.2 Å². The highest BCUT2D eigenvalue weighted by Crippen LogP contribution is 2.38. The molecule has 0 saturated heterocycles. The van der Waals surface area contributed by atoms with Gasteiger partial charge in [0.2, 0.25) is 6.29 Å². The third-order valence-corrected chi connectivity index (χ3v) is 10.8. The summed E-state index contributed by atoms with van der Waals surface area (Å²) in [7, 11) is 0. The molecule has 0 aliphatic carbocycles. The molecule has 0 N–H and O–H groups in total. The summed E-state index contributed by atoms with van der Waals surface area (Å²) in [5.74, 6) is 0.524. The van der Waals surface area contributed by atoms with Crippen molar-refractivity contribution in [1.29, 1.82) is 0 Å². The van der Waals surface area contributed by atoms with Gasteiger partial charge in [0.1, 0.15) is 24.7 Å². The molecule has 8 heteroatoms. The Morgan fingerprint density at radius 2 is 0.781 bits per heavy atom. The second-order valence-corrected chi connectivity index (χ2v) is 15.9. The van der Waals surface area contributed by atoms with E-state index in [0.717, 1.165) is 64.5 Å². The van der Waals surface area contributed by atoms with Gasteiger partial charge in [-0.3, -0.25) is 0 Å². The van der Waals surface area contributed by atoms with Crippen molar-refractivity contribution in [2.45, 2.75) is 91.6 Å². The fourth-order valence-electron chi connectivity index (χ4n) is 7.25. The van der Waals surface area contributed by atoms with Gasteiger partial charge < -0.3 is 28.7 Å². The number of aryl methyl sites for hydroxylation is 2. The van der Waals surface area contributed by atoms with E-state index in [1.165, 1.54) is 55.4 Å². The van der Waals surface area contributed by atoms with Gasteiger partial charge in [0, 0.05) is 52.7 Å². The summed E-state index contributed by atoms with van der Waals surface area (Å²) in [4.78, 5) is 27.7. The predicted molar refractivity (Wildman–Crippen MR) is 259 cm³/mol. The number of ether oxygens (including phenoxy) is 4. The minimum atomic E-state index is -0.501. The lowest BCUT2D eigenvalue weighted by Crippen LogP contribution is -2.24. The molecule has 0 bridgehead atoms. The SMILES string of the molecule is C=CC(=O)OCc1ccc(N(c2ccc(C)cc2)c2ccc(OC(CCCCCCCCC)Oc3ccc(N(c4ccc(C)cc4)c4ccc(COC(=O)C=C)cc4)cc3)cc2)cc1. The molecule has 64 heavy (non-hydrogen) atoms. The summed E-state index contributed by atoms with van der Waals surface area (Å²) in [6.07, 6.45) is 10.9. The third kappa shape index (κ3) is 13.7. The molecule has 0 aliphatic heterocycles. The van der Waals surface area contributed by atoms with E-state index in [-0.39, 0.29) is 13.2 Å². The molecule has 0 aliphatic rings. The highest BCUT2D eigenvalue weighted by molar-refractivity contribution is 5.82. The number of carbonyl (C=O) groups is 2. The van der Waals surface area contributed by atoms with E-state index in [9.17, 15) is 9.59 Å². The second-order valence-electron chi connectivity index (χ2n) is 15.9. The highest BCUT2D eigenvalue weighted by Gasteiger charge is 2.18. The van der Waals surface area contributed by atoms with Gasteiger partial charge in [-0.1, -0.05) is 118 Å². The number of nitrogens with zero attached hydrogens (tertiary/aromatic N) is 2. The average molecular weight is 857 g/mol. The highest BCUT2D eigenvalue weighted by atomic mass is 16.7. The Bertz CT molecular complexity index is 2210. The van der Waals surface area contributed by atoms with Crippen LogP contribution in [0.4, 0.5) is 34.1 Å². The molecule has 0 saturated carbocycles. The van der Waals surface area contributed by atoms with E-state index in [0.29, 0.717) is 11.5 Å². The topological polar surface area (TPSA) is 77.5 Å². The molecule has 6 aromatic carbocycles.